The summed E-state index contributed by atoms with van der Waals surface area (Å²) < 4.78 is 5.81. The molecule has 3 aromatic carbocycles. The van der Waals surface area contributed by atoms with E-state index >= 15 is 0 Å². The van der Waals surface area contributed by atoms with Gasteiger partial charge in [0.05, 0.1) is 17.5 Å². The molecule has 0 saturated heterocycles. The number of carbonyl (C=O) groups is 2. The SMILES string of the molecule is CN(C(=O)c1ccc(Oc2ccc(CC(=O)O)cc2C#N)cc1)C1(c2ccc(Cl)cc2)CC1. The number of benzene rings is 3. The molecule has 33 heavy (non-hydrogen) atoms. The quantitative estimate of drug-likeness (QED) is 0.510. The fraction of sp³-hybridized carbons (Fsp3) is 0.192. The van der Waals surface area contributed by atoms with E-state index in [9.17, 15) is 14.9 Å². The second-order valence-electron chi connectivity index (χ2n) is 8.04. The molecule has 0 aromatic heterocycles. The van der Waals surface area contributed by atoms with Crippen LogP contribution in [0.1, 0.15) is 39.9 Å². The molecule has 1 aliphatic rings. The van der Waals surface area contributed by atoms with Gasteiger partial charge >= 0.3 is 5.97 Å². The Morgan fingerprint density at radius 3 is 2.33 bits per heavy atom. The molecule has 1 aliphatic carbocycles. The number of hydrogen-bond donors (Lipinski definition) is 1. The van der Waals surface area contributed by atoms with Crippen molar-refractivity contribution in [2.45, 2.75) is 24.8 Å². The van der Waals surface area contributed by atoms with E-state index in [-0.39, 0.29) is 23.4 Å². The molecule has 166 valence electrons. The third kappa shape index (κ3) is 4.69. The fourth-order valence-corrected chi connectivity index (χ4v) is 4.04. The van der Waals surface area contributed by atoms with Crippen LogP contribution in [0.4, 0.5) is 0 Å². The van der Waals surface area contributed by atoms with Crippen molar-refractivity contribution in [3.63, 3.8) is 0 Å². The van der Waals surface area contributed by atoms with Gasteiger partial charge in [-0.3, -0.25) is 9.59 Å². The zero-order valence-electron chi connectivity index (χ0n) is 17.9. The van der Waals surface area contributed by atoms with Crippen LogP contribution >= 0.6 is 11.6 Å². The third-order valence-electron chi connectivity index (χ3n) is 5.90. The van der Waals surface area contributed by atoms with Crippen LogP contribution in [0.5, 0.6) is 11.5 Å². The van der Waals surface area contributed by atoms with Crippen LogP contribution in [0.3, 0.4) is 0 Å². The van der Waals surface area contributed by atoms with Gasteiger partial charge in [-0.15, -0.1) is 0 Å². The van der Waals surface area contributed by atoms with Crippen LogP contribution in [-0.2, 0) is 16.8 Å². The lowest BCUT2D eigenvalue weighted by molar-refractivity contribution is -0.136. The highest BCUT2D eigenvalue weighted by atomic mass is 35.5. The Hall–Kier alpha value is -3.82. The molecule has 0 unspecified atom stereocenters. The topological polar surface area (TPSA) is 90.6 Å². The van der Waals surface area contributed by atoms with Gasteiger partial charge in [-0.25, -0.2) is 0 Å². The average molecular weight is 461 g/mol. The molecule has 0 atom stereocenters. The summed E-state index contributed by atoms with van der Waals surface area (Å²) in [6, 6.07) is 21.1. The lowest BCUT2D eigenvalue weighted by Gasteiger charge is -2.29. The molecule has 1 saturated carbocycles. The van der Waals surface area contributed by atoms with Crippen LogP contribution in [0, 0.1) is 11.3 Å². The zero-order chi connectivity index (χ0) is 23.6. The number of aliphatic carboxylic acids is 1. The molecule has 3 aromatic rings. The first kappa shape index (κ1) is 22.4. The summed E-state index contributed by atoms with van der Waals surface area (Å²) in [7, 11) is 1.81. The Morgan fingerprint density at radius 1 is 1.09 bits per heavy atom. The number of carboxylic acid groups (broad SMARTS) is 1. The number of nitrogens with zero attached hydrogens (tertiary/aromatic N) is 2. The molecule has 1 N–H and O–H groups in total. The fourth-order valence-electron chi connectivity index (χ4n) is 3.91. The van der Waals surface area contributed by atoms with Crippen molar-refractivity contribution < 1.29 is 19.4 Å². The van der Waals surface area contributed by atoms with Gasteiger partial charge in [0.25, 0.3) is 5.91 Å². The molecule has 7 heteroatoms. The van der Waals surface area contributed by atoms with Gasteiger partial charge in [-0.2, -0.15) is 5.26 Å². The number of nitriles is 1. The molecule has 1 amide bonds. The molecule has 1 fully saturated rings. The Kier molecular flexibility index (Phi) is 6.08. The van der Waals surface area contributed by atoms with Crippen molar-refractivity contribution in [3.8, 4) is 17.6 Å². The number of carbonyl (C=O) groups excluding carboxylic acids is 1. The highest BCUT2D eigenvalue weighted by Gasteiger charge is 2.49. The molecule has 0 aliphatic heterocycles. The lowest BCUT2D eigenvalue weighted by Crippen LogP contribution is -2.37. The Morgan fingerprint density at radius 2 is 1.76 bits per heavy atom. The molecule has 0 heterocycles. The van der Waals surface area contributed by atoms with Gasteiger partial charge in [0.15, 0.2) is 0 Å². The monoisotopic (exact) mass is 460 g/mol. The summed E-state index contributed by atoms with van der Waals surface area (Å²) in [6.07, 6.45) is 1.62. The van der Waals surface area contributed by atoms with Gasteiger partial charge in [0.2, 0.25) is 0 Å². The average Bonchev–Trinajstić information content (AvgIpc) is 3.61. The van der Waals surface area contributed by atoms with Crippen molar-refractivity contribution in [2.24, 2.45) is 0 Å². The summed E-state index contributed by atoms with van der Waals surface area (Å²) in [5.74, 6) is -0.274. The first-order valence-electron chi connectivity index (χ1n) is 10.4. The van der Waals surface area contributed by atoms with E-state index in [0.29, 0.717) is 27.6 Å². The second kappa shape index (κ2) is 8.97. The minimum atomic E-state index is -0.971. The van der Waals surface area contributed by atoms with E-state index in [1.165, 1.54) is 6.07 Å². The number of rotatable bonds is 7. The van der Waals surface area contributed by atoms with Crippen molar-refractivity contribution in [1.82, 2.24) is 4.90 Å². The van der Waals surface area contributed by atoms with Crippen molar-refractivity contribution in [2.75, 3.05) is 7.05 Å². The lowest BCUT2D eigenvalue weighted by atomic mass is 10.0. The van der Waals surface area contributed by atoms with E-state index in [2.05, 4.69) is 0 Å². The van der Waals surface area contributed by atoms with Gasteiger partial charge in [-0.05, 0) is 72.5 Å². The summed E-state index contributed by atoms with van der Waals surface area (Å²) in [4.78, 5) is 25.8. The van der Waals surface area contributed by atoms with Crippen molar-refractivity contribution in [1.29, 1.82) is 5.26 Å². The van der Waals surface area contributed by atoms with Gasteiger partial charge in [0, 0.05) is 17.6 Å². The van der Waals surface area contributed by atoms with Crippen LogP contribution in [0.25, 0.3) is 0 Å². The summed E-state index contributed by atoms with van der Waals surface area (Å²) in [5.41, 5.74) is 2.05. The third-order valence-corrected chi connectivity index (χ3v) is 6.15. The summed E-state index contributed by atoms with van der Waals surface area (Å²) in [5, 5.41) is 19.0. The van der Waals surface area contributed by atoms with Crippen LogP contribution in [0.2, 0.25) is 5.02 Å². The predicted octanol–water partition coefficient (Wildman–Crippen LogP) is 5.39. The minimum Gasteiger partial charge on any atom is -0.481 e. The first-order chi connectivity index (χ1) is 15.8. The molecule has 4 rings (SSSR count). The standard InChI is InChI=1S/C26H21ClN2O4/c1-29(26(12-13-26)20-5-7-21(27)8-6-20)25(32)18-3-9-22(10-4-18)33-23-11-2-17(15-24(30)31)14-19(23)16-28/h2-11,14H,12-13,15H2,1H3,(H,30,31). The van der Waals surface area contributed by atoms with Crippen LogP contribution in [-0.4, -0.2) is 28.9 Å². The Bertz CT molecular complexity index is 1240. The summed E-state index contributed by atoms with van der Waals surface area (Å²) in [6.45, 7) is 0. The second-order valence-corrected chi connectivity index (χ2v) is 8.48. The zero-order valence-corrected chi connectivity index (χ0v) is 18.7. The van der Waals surface area contributed by atoms with E-state index in [0.717, 1.165) is 18.4 Å². The van der Waals surface area contributed by atoms with E-state index in [4.69, 9.17) is 21.4 Å². The smallest absolute Gasteiger partial charge is 0.307 e. The maximum absolute atomic E-state index is 13.1. The molecule has 0 spiro atoms. The number of ether oxygens (including phenoxy) is 1. The van der Waals surface area contributed by atoms with E-state index < -0.39 is 5.97 Å². The highest BCUT2D eigenvalue weighted by molar-refractivity contribution is 6.30. The van der Waals surface area contributed by atoms with Gasteiger partial charge in [0.1, 0.15) is 17.6 Å². The highest BCUT2D eigenvalue weighted by Crippen LogP contribution is 2.51. The number of carboxylic acids is 1. The molecular weight excluding hydrogens is 440 g/mol. The Balaban J connectivity index is 1.48. The predicted molar refractivity (Wildman–Crippen MR) is 123 cm³/mol. The van der Waals surface area contributed by atoms with E-state index in [1.807, 2.05) is 37.4 Å². The molecule has 0 bridgehead atoms. The number of hydrogen-bond acceptors (Lipinski definition) is 4. The van der Waals surface area contributed by atoms with Gasteiger partial charge < -0.3 is 14.7 Å². The summed E-state index contributed by atoms with van der Waals surface area (Å²) >= 11 is 6.01. The first-order valence-corrected chi connectivity index (χ1v) is 10.8. The van der Waals surface area contributed by atoms with Gasteiger partial charge in [-0.1, -0.05) is 29.8 Å². The number of halogens is 1. The number of amides is 1. The maximum Gasteiger partial charge on any atom is 0.307 e. The molecule has 6 nitrogen and oxygen atoms in total. The minimum absolute atomic E-state index is 0.0928. The molecule has 0 radical (unpaired) electrons. The largest absolute Gasteiger partial charge is 0.481 e. The maximum atomic E-state index is 13.1. The van der Waals surface area contributed by atoms with Crippen LogP contribution < -0.4 is 4.74 Å². The Labute approximate surface area is 196 Å². The van der Waals surface area contributed by atoms with Crippen LogP contribution in [0.15, 0.2) is 66.7 Å². The molecular formula is C26H21ClN2O4. The van der Waals surface area contributed by atoms with Crippen molar-refractivity contribution in [3.05, 3.63) is 94.0 Å². The van der Waals surface area contributed by atoms with Crippen molar-refractivity contribution >= 4 is 23.5 Å². The normalized spacial score (nSPS) is 13.6. The van der Waals surface area contributed by atoms with E-state index in [1.54, 1.807) is 41.3 Å².